The monoisotopic (exact) mass is 299 g/mol. The van der Waals surface area contributed by atoms with Gasteiger partial charge in [-0.25, -0.2) is 9.18 Å². The summed E-state index contributed by atoms with van der Waals surface area (Å²) >= 11 is 0. The first kappa shape index (κ1) is 15.4. The second-order valence-electron chi connectivity index (χ2n) is 4.60. The molecule has 2 rings (SSSR count). The van der Waals surface area contributed by atoms with E-state index in [-0.39, 0.29) is 12.6 Å². The van der Waals surface area contributed by atoms with E-state index >= 15 is 0 Å². The molecule has 0 spiro atoms. The highest BCUT2D eigenvalue weighted by molar-refractivity contribution is 5.82. The fourth-order valence-corrected chi connectivity index (χ4v) is 1.60. The first-order valence-corrected chi connectivity index (χ1v) is 6.49. The minimum Gasteiger partial charge on any atom is -0.447 e. The quantitative estimate of drug-likeness (QED) is 0.687. The molecule has 1 fully saturated rings. The van der Waals surface area contributed by atoms with E-state index < -0.39 is 11.9 Å². The highest BCUT2D eigenvalue weighted by Crippen LogP contribution is 2.05. The lowest BCUT2D eigenvalue weighted by molar-refractivity contribution is 0.177. The van der Waals surface area contributed by atoms with Crippen LogP contribution in [0.5, 0.6) is 0 Å². The first-order chi connectivity index (χ1) is 10.5. The van der Waals surface area contributed by atoms with E-state index in [1.54, 1.807) is 13.1 Å². The maximum atomic E-state index is 12.9. The van der Waals surface area contributed by atoms with Gasteiger partial charge in [0, 0.05) is 29.7 Å². The van der Waals surface area contributed by atoms with Gasteiger partial charge in [0.1, 0.15) is 12.4 Å². The van der Waals surface area contributed by atoms with E-state index in [1.165, 1.54) is 18.5 Å². The Morgan fingerprint density at radius 3 is 3.14 bits per heavy atom. The summed E-state index contributed by atoms with van der Waals surface area (Å²) in [7, 11) is 0. The van der Waals surface area contributed by atoms with Crippen molar-refractivity contribution in [2.45, 2.75) is 13.0 Å². The number of hydrogen-bond donors (Lipinski definition) is 1. The zero-order chi connectivity index (χ0) is 15.9. The van der Waals surface area contributed by atoms with Gasteiger partial charge in [0.2, 0.25) is 0 Å². The number of allylic oxidation sites excluding steroid dienone is 1. The van der Waals surface area contributed by atoms with E-state index in [1.807, 2.05) is 0 Å². The van der Waals surface area contributed by atoms with Crippen LogP contribution in [0.1, 0.15) is 12.5 Å². The number of nitrogens with zero attached hydrogens (tertiary/aromatic N) is 2. The van der Waals surface area contributed by atoms with Gasteiger partial charge in [0.05, 0.1) is 12.2 Å². The number of aliphatic imine (C=N–C) groups is 1. The molecular formula is C16H14FN3O2. The van der Waals surface area contributed by atoms with Crippen molar-refractivity contribution in [2.24, 2.45) is 4.99 Å². The van der Waals surface area contributed by atoms with Crippen LogP contribution in [-0.2, 0) is 4.74 Å². The van der Waals surface area contributed by atoms with Crippen molar-refractivity contribution in [2.75, 3.05) is 6.61 Å². The van der Waals surface area contributed by atoms with Gasteiger partial charge < -0.3 is 10.1 Å². The van der Waals surface area contributed by atoms with Crippen LogP contribution in [-0.4, -0.2) is 29.9 Å². The molecule has 6 heteroatoms. The topological polar surface area (TPSA) is 63.6 Å². The van der Waals surface area contributed by atoms with Crippen molar-refractivity contribution in [3.05, 3.63) is 53.8 Å². The molecule has 1 N–H and O–H groups in total. The summed E-state index contributed by atoms with van der Waals surface area (Å²) in [6.07, 6.45) is 5.24. The number of nitrogens with one attached hydrogen (secondary N) is 1. The number of ether oxygens (including phenoxy) is 1. The van der Waals surface area contributed by atoms with Crippen LogP contribution in [0.15, 0.2) is 47.4 Å². The van der Waals surface area contributed by atoms with Gasteiger partial charge in [0.25, 0.3) is 0 Å². The number of hydrogen-bond acceptors (Lipinski definition) is 4. The van der Waals surface area contributed by atoms with E-state index in [9.17, 15) is 9.18 Å². The van der Waals surface area contributed by atoms with E-state index in [0.29, 0.717) is 16.7 Å². The maximum Gasteiger partial charge on any atom is 0.407 e. The van der Waals surface area contributed by atoms with Crippen LogP contribution in [0.25, 0.3) is 0 Å². The van der Waals surface area contributed by atoms with Crippen LogP contribution < -0.4 is 5.32 Å². The number of carbonyl (C=O) groups is 1. The minimum absolute atomic E-state index is 0.249. The molecule has 1 aromatic rings. The summed E-state index contributed by atoms with van der Waals surface area (Å²) < 4.78 is 17.7. The highest BCUT2D eigenvalue weighted by Gasteiger charge is 2.23. The number of rotatable bonds is 3. The van der Waals surface area contributed by atoms with Crippen LogP contribution in [0, 0.1) is 17.7 Å². The summed E-state index contributed by atoms with van der Waals surface area (Å²) in [4.78, 5) is 18.7. The molecule has 2 heterocycles. The number of halogens is 1. The zero-order valence-corrected chi connectivity index (χ0v) is 12.0. The SMILES string of the molecule is C=C(C=NC=C(C)C#Cc1cncc(F)c1)C1COC(=O)N1. The molecule has 22 heavy (non-hydrogen) atoms. The van der Waals surface area contributed by atoms with Crippen molar-refractivity contribution in [3.63, 3.8) is 0 Å². The number of pyridine rings is 1. The zero-order valence-electron chi connectivity index (χ0n) is 12.0. The molecule has 1 amide bonds. The molecule has 1 atom stereocenters. The summed E-state index contributed by atoms with van der Waals surface area (Å²) in [5.74, 6) is 5.21. The molecule has 5 nitrogen and oxygen atoms in total. The Hall–Kier alpha value is -2.94. The Morgan fingerprint density at radius 1 is 1.64 bits per heavy atom. The molecule has 1 aliphatic rings. The van der Waals surface area contributed by atoms with Gasteiger partial charge in [0.15, 0.2) is 0 Å². The number of carbonyl (C=O) groups excluding carboxylic acids is 1. The first-order valence-electron chi connectivity index (χ1n) is 6.49. The second-order valence-corrected chi connectivity index (χ2v) is 4.60. The summed E-state index contributed by atoms with van der Waals surface area (Å²) in [6.45, 7) is 5.84. The number of aromatic nitrogens is 1. The maximum absolute atomic E-state index is 12.9. The Bertz CT molecular complexity index is 714. The van der Waals surface area contributed by atoms with Gasteiger partial charge in [-0.1, -0.05) is 18.4 Å². The molecule has 0 radical (unpaired) electrons. The fourth-order valence-electron chi connectivity index (χ4n) is 1.60. The van der Waals surface area contributed by atoms with Gasteiger partial charge in [-0.05, 0) is 18.6 Å². The van der Waals surface area contributed by atoms with Gasteiger partial charge in [-0.3, -0.25) is 9.98 Å². The van der Waals surface area contributed by atoms with Crippen molar-refractivity contribution in [3.8, 4) is 11.8 Å². The third-order valence-corrected chi connectivity index (χ3v) is 2.74. The molecule has 1 unspecified atom stereocenters. The summed E-state index contributed by atoms with van der Waals surface area (Å²) in [5.41, 5.74) is 1.82. The Balaban J connectivity index is 1.94. The van der Waals surface area contributed by atoms with Crippen molar-refractivity contribution in [1.29, 1.82) is 0 Å². The predicted octanol–water partition coefficient (Wildman–Crippen LogP) is 2.21. The van der Waals surface area contributed by atoms with E-state index in [4.69, 9.17) is 4.74 Å². The molecular weight excluding hydrogens is 285 g/mol. The largest absolute Gasteiger partial charge is 0.447 e. The van der Waals surface area contributed by atoms with Crippen LogP contribution in [0.2, 0.25) is 0 Å². The molecule has 1 aromatic heterocycles. The summed E-state index contributed by atoms with van der Waals surface area (Å²) in [5, 5.41) is 2.60. The highest BCUT2D eigenvalue weighted by atomic mass is 19.1. The van der Waals surface area contributed by atoms with Crippen LogP contribution >= 0.6 is 0 Å². The average Bonchev–Trinajstić information content (AvgIpc) is 2.92. The smallest absolute Gasteiger partial charge is 0.407 e. The third-order valence-electron chi connectivity index (χ3n) is 2.74. The molecule has 1 saturated heterocycles. The molecule has 0 aromatic carbocycles. The van der Waals surface area contributed by atoms with Crippen molar-refractivity contribution in [1.82, 2.24) is 10.3 Å². The molecule has 112 valence electrons. The third kappa shape index (κ3) is 4.56. The van der Waals surface area contributed by atoms with E-state index in [2.05, 4.69) is 33.7 Å². The Labute approximate surface area is 127 Å². The minimum atomic E-state index is -0.458. The van der Waals surface area contributed by atoms with Crippen molar-refractivity contribution < 1.29 is 13.9 Å². The lowest BCUT2D eigenvalue weighted by Gasteiger charge is -2.04. The van der Waals surface area contributed by atoms with Gasteiger partial charge >= 0.3 is 6.09 Å². The lowest BCUT2D eigenvalue weighted by atomic mass is 10.1. The lowest BCUT2D eigenvalue weighted by Crippen LogP contribution is -2.28. The molecule has 0 saturated carbocycles. The summed E-state index contributed by atoms with van der Waals surface area (Å²) in [6, 6.07) is 1.05. The van der Waals surface area contributed by atoms with E-state index in [0.717, 1.165) is 6.20 Å². The van der Waals surface area contributed by atoms with Crippen molar-refractivity contribution >= 4 is 12.3 Å². The van der Waals surface area contributed by atoms with Crippen LogP contribution in [0.4, 0.5) is 9.18 Å². The van der Waals surface area contributed by atoms with Gasteiger partial charge in [-0.15, -0.1) is 0 Å². The second kappa shape index (κ2) is 7.18. The Morgan fingerprint density at radius 2 is 2.45 bits per heavy atom. The van der Waals surface area contributed by atoms with Gasteiger partial charge in [-0.2, -0.15) is 0 Å². The molecule has 0 aliphatic carbocycles. The number of cyclic esters (lactones) is 1. The number of amides is 1. The molecule has 1 aliphatic heterocycles. The predicted molar refractivity (Wildman–Crippen MR) is 80.7 cm³/mol. The average molecular weight is 299 g/mol. The fraction of sp³-hybridized carbons (Fsp3) is 0.188. The normalized spacial score (nSPS) is 17.6. The number of alkyl carbamates (subject to hydrolysis) is 1. The standard InChI is InChI=1S/C16H14FN3O2/c1-11(3-4-13-5-14(17)9-19-8-13)6-18-7-12(2)15-10-22-16(21)20-15/h5-9,15H,2,10H2,1H3,(H,20,21). The molecule has 0 bridgehead atoms. The Kier molecular flexibility index (Phi) is 5.04. The van der Waals surface area contributed by atoms with Crippen LogP contribution in [0.3, 0.4) is 0 Å².